The van der Waals surface area contributed by atoms with Crippen molar-refractivity contribution >= 4 is 22.9 Å². The molecule has 0 saturated heterocycles. The first kappa shape index (κ1) is 11.9. The van der Waals surface area contributed by atoms with E-state index in [1.54, 1.807) is 0 Å². The van der Waals surface area contributed by atoms with Crippen LogP contribution in [0.15, 0.2) is 0 Å². The fourth-order valence-corrected chi connectivity index (χ4v) is 2.22. The van der Waals surface area contributed by atoms with Crippen LogP contribution in [0.2, 0.25) is 4.47 Å². The van der Waals surface area contributed by atoms with Crippen LogP contribution in [-0.4, -0.2) is 28.2 Å². The van der Waals surface area contributed by atoms with Crippen LogP contribution in [0.1, 0.15) is 25.8 Å². The fourth-order valence-electron chi connectivity index (χ4n) is 1.31. The zero-order valence-corrected chi connectivity index (χ0v) is 10.4. The highest BCUT2D eigenvalue weighted by molar-refractivity contribution is 7.15. The number of hydrogen-bond acceptors (Lipinski definition) is 4. The average Bonchev–Trinajstić information content (AvgIpc) is 2.49. The van der Waals surface area contributed by atoms with E-state index in [9.17, 15) is 0 Å². The second-order valence-corrected chi connectivity index (χ2v) is 5.31. The lowest BCUT2D eigenvalue weighted by Crippen LogP contribution is -2.26. The fraction of sp³-hybridized carbons (Fsp3) is 0.778. The Morgan fingerprint density at radius 3 is 2.57 bits per heavy atom. The molecule has 0 aliphatic heterocycles. The molecular formula is C9H16ClN3S. The maximum Gasteiger partial charge on any atom is 0.207 e. The molecule has 1 heterocycles. The highest BCUT2D eigenvalue weighted by atomic mass is 35.5. The number of rotatable bonds is 5. The van der Waals surface area contributed by atoms with Crippen molar-refractivity contribution in [1.82, 2.24) is 15.1 Å². The third-order valence-electron chi connectivity index (χ3n) is 1.87. The van der Waals surface area contributed by atoms with E-state index in [2.05, 4.69) is 35.9 Å². The van der Waals surface area contributed by atoms with Crippen molar-refractivity contribution in [1.29, 1.82) is 0 Å². The molecular weight excluding hydrogens is 218 g/mol. The first-order valence-corrected chi connectivity index (χ1v) is 6.01. The van der Waals surface area contributed by atoms with Crippen LogP contribution in [0.25, 0.3) is 0 Å². The molecule has 1 aromatic rings. The predicted octanol–water partition coefficient (Wildman–Crippen LogP) is 2.67. The summed E-state index contributed by atoms with van der Waals surface area (Å²) in [5.74, 6) is 0.679. The molecule has 14 heavy (non-hydrogen) atoms. The monoisotopic (exact) mass is 233 g/mol. The summed E-state index contributed by atoms with van der Waals surface area (Å²) in [6.45, 7) is 9.58. The summed E-state index contributed by atoms with van der Waals surface area (Å²) in [5, 5.41) is 8.79. The normalized spacial score (nSPS) is 11.6. The quantitative estimate of drug-likeness (QED) is 0.783. The van der Waals surface area contributed by atoms with Crippen molar-refractivity contribution in [3.05, 3.63) is 9.47 Å². The Bertz CT molecular complexity index is 275. The van der Waals surface area contributed by atoms with Crippen molar-refractivity contribution in [2.75, 3.05) is 13.1 Å². The van der Waals surface area contributed by atoms with E-state index >= 15 is 0 Å². The molecule has 0 radical (unpaired) electrons. The van der Waals surface area contributed by atoms with Gasteiger partial charge in [-0.3, -0.25) is 4.90 Å². The molecule has 0 fully saturated rings. The van der Waals surface area contributed by atoms with Crippen LogP contribution < -0.4 is 0 Å². The van der Waals surface area contributed by atoms with Gasteiger partial charge in [0.25, 0.3) is 0 Å². The van der Waals surface area contributed by atoms with E-state index in [-0.39, 0.29) is 0 Å². The first-order chi connectivity index (χ1) is 6.61. The number of hydrogen-bond donors (Lipinski definition) is 0. The minimum absolute atomic E-state index is 0.528. The Labute approximate surface area is 94.1 Å². The molecule has 0 unspecified atom stereocenters. The van der Waals surface area contributed by atoms with Gasteiger partial charge in [-0.15, -0.1) is 10.2 Å². The van der Waals surface area contributed by atoms with Gasteiger partial charge in [-0.05, 0) is 24.1 Å². The summed E-state index contributed by atoms with van der Waals surface area (Å²) < 4.78 is 0.528. The van der Waals surface area contributed by atoms with Gasteiger partial charge in [0.05, 0.1) is 6.54 Å². The minimum atomic E-state index is 0.528. The number of nitrogens with zero attached hydrogens (tertiary/aromatic N) is 3. The zero-order chi connectivity index (χ0) is 10.6. The maximum absolute atomic E-state index is 5.72. The lowest BCUT2D eigenvalue weighted by atomic mass is 10.2. The molecule has 0 N–H and O–H groups in total. The molecule has 0 bridgehead atoms. The SMILES string of the molecule is CCN(Cc1nnc(Cl)s1)CC(C)C. The topological polar surface area (TPSA) is 29.0 Å². The highest BCUT2D eigenvalue weighted by Gasteiger charge is 2.09. The van der Waals surface area contributed by atoms with Crippen LogP contribution in [0, 0.1) is 5.92 Å². The number of halogens is 1. The molecule has 0 saturated carbocycles. The van der Waals surface area contributed by atoms with Gasteiger partial charge in [0.15, 0.2) is 0 Å². The second kappa shape index (κ2) is 5.63. The Morgan fingerprint density at radius 1 is 1.43 bits per heavy atom. The largest absolute Gasteiger partial charge is 0.297 e. The molecule has 0 spiro atoms. The Kier molecular flexibility index (Phi) is 4.78. The predicted molar refractivity (Wildman–Crippen MR) is 60.7 cm³/mol. The average molecular weight is 234 g/mol. The molecule has 1 rings (SSSR count). The van der Waals surface area contributed by atoms with Crippen molar-refractivity contribution in [3.8, 4) is 0 Å². The van der Waals surface area contributed by atoms with Gasteiger partial charge >= 0.3 is 0 Å². The van der Waals surface area contributed by atoms with Crippen LogP contribution in [0.3, 0.4) is 0 Å². The van der Waals surface area contributed by atoms with Gasteiger partial charge in [-0.1, -0.05) is 32.1 Å². The third-order valence-corrected chi connectivity index (χ3v) is 2.88. The molecule has 80 valence electrons. The summed E-state index contributed by atoms with van der Waals surface area (Å²) in [6.07, 6.45) is 0. The van der Waals surface area contributed by atoms with Crippen LogP contribution >= 0.6 is 22.9 Å². The van der Waals surface area contributed by atoms with Crippen LogP contribution in [0.5, 0.6) is 0 Å². The molecule has 5 heteroatoms. The Morgan fingerprint density at radius 2 is 2.14 bits per heavy atom. The molecule has 3 nitrogen and oxygen atoms in total. The first-order valence-electron chi connectivity index (χ1n) is 4.82. The molecule has 0 aliphatic carbocycles. The van der Waals surface area contributed by atoms with Gasteiger partial charge in [-0.25, -0.2) is 0 Å². The van der Waals surface area contributed by atoms with E-state index in [0.717, 1.165) is 24.6 Å². The molecule has 0 aliphatic rings. The maximum atomic E-state index is 5.72. The number of aromatic nitrogens is 2. The smallest absolute Gasteiger partial charge is 0.207 e. The Balaban J connectivity index is 2.48. The van der Waals surface area contributed by atoms with Gasteiger partial charge < -0.3 is 0 Å². The van der Waals surface area contributed by atoms with E-state index in [0.29, 0.717) is 10.4 Å². The lowest BCUT2D eigenvalue weighted by molar-refractivity contribution is 0.247. The van der Waals surface area contributed by atoms with Crippen LogP contribution in [0.4, 0.5) is 0 Å². The van der Waals surface area contributed by atoms with Gasteiger partial charge in [-0.2, -0.15) is 0 Å². The van der Waals surface area contributed by atoms with Crippen molar-refractivity contribution in [2.24, 2.45) is 5.92 Å². The van der Waals surface area contributed by atoms with Crippen molar-refractivity contribution in [2.45, 2.75) is 27.3 Å². The zero-order valence-electron chi connectivity index (χ0n) is 8.83. The molecule has 0 atom stereocenters. The second-order valence-electron chi connectivity index (χ2n) is 3.67. The summed E-state index contributed by atoms with van der Waals surface area (Å²) in [5.41, 5.74) is 0. The van der Waals surface area contributed by atoms with Crippen LogP contribution in [-0.2, 0) is 6.54 Å². The van der Waals surface area contributed by atoms with E-state index in [4.69, 9.17) is 11.6 Å². The van der Waals surface area contributed by atoms with Gasteiger partial charge in [0.1, 0.15) is 5.01 Å². The van der Waals surface area contributed by atoms with E-state index in [1.165, 1.54) is 11.3 Å². The van der Waals surface area contributed by atoms with Crippen molar-refractivity contribution in [3.63, 3.8) is 0 Å². The minimum Gasteiger partial charge on any atom is -0.297 e. The third kappa shape index (κ3) is 3.90. The standard InChI is InChI=1S/C9H16ClN3S/c1-4-13(5-7(2)3)6-8-11-12-9(10)14-8/h7H,4-6H2,1-3H3. The van der Waals surface area contributed by atoms with E-state index < -0.39 is 0 Å². The molecule has 1 aromatic heterocycles. The summed E-state index contributed by atoms with van der Waals surface area (Å²) in [4.78, 5) is 2.35. The lowest BCUT2D eigenvalue weighted by Gasteiger charge is -2.20. The summed E-state index contributed by atoms with van der Waals surface area (Å²) in [6, 6.07) is 0. The van der Waals surface area contributed by atoms with Gasteiger partial charge in [0, 0.05) is 6.54 Å². The van der Waals surface area contributed by atoms with Crippen molar-refractivity contribution < 1.29 is 0 Å². The summed E-state index contributed by atoms with van der Waals surface area (Å²) >= 11 is 7.18. The van der Waals surface area contributed by atoms with E-state index in [1.807, 2.05) is 0 Å². The molecule has 0 amide bonds. The molecule has 0 aromatic carbocycles. The summed E-state index contributed by atoms with van der Waals surface area (Å²) in [7, 11) is 0. The highest BCUT2D eigenvalue weighted by Crippen LogP contribution is 2.16. The van der Waals surface area contributed by atoms with Gasteiger partial charge in [0.2, 0.25) is 4.47 Å². The Hall–Kier alpha value is -0.190.